The number of thioether (sulfide) groups is 1. The molecule has 0 saturated heterocycles. The molecule has 0 atom stereocenters. The van der Waals surface area contributed by atoms with E-state index in [-0.39, 0.29) is 11.7 Å². The van der Waals surface area contributed by atoms with E-state index in [1.54, 1.807) is 18.3 Å². The Balaban J connectivity index is 1.46. The Labute approximate surface area is 195 Å². The Hall–Kier alpha value is -3.53. The molecule has 1 N–H and O–H groups in total. The molecular weight excluding hydrogens is 440 g/mol. The molecule has 4 rings (SSSR count). The van der Waals surface area contributed by atoms with Crippen molar-refractivity contribution >= 4 is 46.4 Å². The fourth-order valence-corrected chi connectivity index (χ4v) is 4.16. The lowest BCUT2D eigenvalue weighted by molar-refractivity contribution is -0.118. The molecule has 4 aromatic rings. The molecule has 1 aromatic heterocycles. The number of para-hydroxylation sites is 1. The number of carbonyl (C=O) groups is 1. The van der Waals surface area contributed by atoms with E-state index in [9.17, 15) is 10.1 Å². The quantitative estimate of drug-likeness (QED) is 0.227. The van der Waals surface area contributed by atoms with Crippen molar-refractivity contribution in [3.63, 3.8) is 0 Å². The van der Waals surface area contributed by atoms with Crippen LogP contribution in [-0.2, 0) is 11.3 Å². The summed E-state index contributed by atoms with van der Waals surface area (Å²) in [4.78, 5) is 13.1. The van der Waals surface area contributed by atoms with Gasteiger partial charge in [-0.15, -0.1) is 11.8 Å². The van der Waals surface area contributed by atoms with Crippen LogP contribution in [0.4, 0.5) is 0 Å². The first kappa shape index (κ1) is 21.7. The first-order valence-corrected chi connectivity index (χ1v) is 11.3. The topological polar surface area (TPSA) is 70.2 Å². The highest BCUT2D eigenvalue weighted by molar-refractivity contribution is 8.00. The highest BCUT2D eigenvalue weighted by Crippen LogP contribution is 2.22. The van der Waals surface area contributed by atoms with E-state index in [1.807, 2.05) is 66.9 Å². The van der Waals surface area contributed by atoms with Crippen molar-refractivity contribution in [3.8, 4) is 6.07 Å². The van der Waals surface area contributed by atoms with E-state index in [2.05, 4.69) is 21.2 Å². The molecule has 1 amide bonds. The third kappa shape index (κ3) is 5.20. The lowest BCUT2D eigenvalue weighted by Crippen LogP contribution is -2.19. The van der Waals surface area contributed by atoms with E-state index in [0.717, 1.165) is 26.9 Å². The highest BCUT2D eigenvalue weighted by atomic mass is 35.5. The van der Waals surface area contributed by atoms with Gasteiger partial charge in [0.05, 0.1) is 23.6 Å². The summed E-state index contributed by atoms with van der Waals surface area (Å²) in [5.74, 6) is 0.0685. The maximum Gasteiger partial charge on any atom is 0.250 e. The zero-order chi connectivity index (χ0) is 22.3. The second-order valence-electron chi connectivity index (χ2n) is 7.03. The van der Waals surface area contributed by atoms with E-state index in [4.69, 9.17) is 11.6 Å². The smallest absolute Gasteiger partial charge is 0.250 e. The van der Waals surface area contributed by atoms with E-state index in [0.29, 0.717) is 17.1 Å². The van der Waals surface area contributed by atoms with Crippen molar-refractivity contribution in [2.24, 2.45) is 5.10 Å². The van der Waals surface area contributed by atoms with E-state index in [1.165, 1.54) is 11.8 Å². The van der Waals surface area contributed by atoms with Crippen molar-refractivity contribution in [2.45, 2.75) is 11.4 Å². The van der Waals surface area contributed by atoms with Gasteiger partial charge in [0.2, 0.25) is 5.91 Å². The SMILES string of the molecule is N#Cc1ccccc1Cn1cc(/C=N\NC(=O)CSc2ccc(Cl)cc2)c2ccccc21. The van der Waals surface area contributed by atoms with Crippen LogP contribution < -0.4 is 5.43 Å². The number of carbonyl (C=O) groups excluding carboxylic acids is 1. The maximum atomic E-state index is 12.1. The molecule has 0 bridgehead atoms. The van der Waals surface area contributed by atoms with Gasteiger partial charge in [-0.05, 0) is 42.0 Å². The van der Waals surface area contributed by atoms with Gasteiger partial charge in [-0.25, -0.2) is 5.43 Å². The zero-order valence-electron chi connectivity index (χ0n) is 17.0. The second-order valence-corrected chi connectivity index (χ2v) is 8.52. The minimum atomic E-state index is -0.187. The number of halogens is 1. The molecule has 158 valence electrons. The average molecular weight is 459 g/mol. The largest absolute Gasteiger partial charge is 0.342 e. The van der Waals surface area contributed by atoms with Gasteiger partial charge in [0.25, 0.3) is 0 Å². The zero-order valence-corrected chi connectivity index (χ0v) is 18.6. The fourth-order valence-electron chi connectivity index (χ4n) is 3.35. The van der Waals surface area contributed by atoms with Crippen LogP contribution >= 0.6 is 23.4 Å². The van der Waals surface area contributed by atoms with Crippen molar-refractivity contribution in [1.29, 1.82) is 5.26 Å². The van der Waals surface area contributed by atoms with Crippen LogP contribution in [0, 0.1) is 11.3 Å². The Morgan fingerprint density at radius 2 is 1.84 bits per heavy atom. The summed E-state index contributed by atoms with van der Waals surface area (Å²) in [6, 6.07) is 25.2. The summed E-state index contributed by atoms with van der Waals surface area (Å²) >= 11 is 7.30. The number of aromatic nitrogens is 1. The van der Waals surface area contributed by atoms with E-state index >= 15 is 0 Å². The third-order valence-electron chi connectivity index (χ3n) is 4.87. The Morgan fingerprint density at radius 1 is 1.09 bits per heavy atom. The van der Waals surface area contributed by atoms with Crippen molar-refractivity contribution in [1.82, 2.24) is 9.99 Å². The fraction of sp³-hybridized carbons (Fsp3) is 0.0800. The van der Waals surface area contributed by atoms with Gasteiger partial charge in [0.15, 0.2) is 0 Å². The van der Waals surface area contributed by atoms with Crippen LogP contribution in [0.25, 0.3) is 10.9 Å². The molecule has 3 aromatic carbocycles. The van der Waals surface area contributed by atoms with Gasteiger partial charge in [-0.1, -0.05) is 48.0 Å². The summed E-state index contributed by atoms with van der Waals surface area (Å²) in [6.07, 6.45) is 3.64. The maximum absolute atomic E-state index is 12.1. The number of hydrazone groups is 1. The molecule has 0 saturated carbocycles. The van der Waals surface area contributed by atoms with E-state index < -0.39 is 0 Å². The number of fused-ring (bicyclic) bond motifs is 1. The molecule has 0 unspecified atom stereocenters. The number of benzene rings is 3. The first-order chi connectivity index (χ1) is 15.6. The van der Waals surface area contributed by atoms with Crippen LogP contribution in [0.2, 0.25) is 5.02 Å². The molecule has 1 heterocycles. The minimum absolute atomic E-state index is 0.187. The van der Waals surface area contributed by atoms with Gasteiger partial charge in [-0.3, -0.25) is 4.79 Å². The monoisotopic (exact) mass is 458 g/mol. The number of hydrogen-bond donors (Lipinski definition) is 1. The second kappa shape index (κ2) is 10.2. The van der Waals surface area contributed by atoms with Crippen LogP contribution in [0.5, 0.6) is 0 Å². The number of nitrogens with one attached hydrogen (secondary N) is 1. The first-order valence-electron chi connectivity index (χ1n) is 9.90. The average Bonchev–Trinajstić information content (AvgIpc) is 3.16. The minimum Gasteiger partial charge on any atom is -0.342 e. The lowest BCUT2D eigenvalue weighted by atomic mass is 10.1. The highest BCUT2D eigenvalue weighted by Gasteiger charge is 2.09. The number of rotatable bonds is 7. The third-order valence-corrected chi connectivity index (χ3v) is 6.14. The molecule has 0 fully saturated rings. The molecule has 32 heavy (non-hydrogen) atoms. The van der Waals surface area contributed by atoms with Gasteiger partial charge in [-0.2, -0.15) is 10.4 Å². The Kier molecular flexibility index (Phi) is 6.90. The van der Waals surface area contributed by atoms with Crippen LogP contribution in [0.15, 0.2) is 89.0 Å². The van der Waals surface area contributed by atoms with Gasteiger partial charge in [0, 0.05) is 39.1 Å². The van der Waals surface area contributed by atoms with Gasteiger partial charge >= 0.3 is 0 Å². The number of nitriles is 1. The normalized spacial score (nSPS) is 11.0. The van der Waals surface area contributed by atoms with Crippen molar-refractivity contribution in [2.75, 3.05) is 5.75 Å². The molecule has 7 heteroatoms. The van der Waals surface area contributed by atoms with Gasteiger partial charge in [0.1, 0.15) is 0 Å². The predicted octanol–water partition coefficient (Wildman–Crippen LogP) is 5.46. The molecule has 0 aliphatic rings. The number of hydrogen-bond acceptors (Lipinski definition) is 4. The molecule has 0 spiro atoms. The summed E-state index contributed by atoms with van der Waals surface area (Å²) in [5.41, 5.74) is 6.12. The standard InChI is InChI=1S/C25H19ClN4OS/c26-21-9-11-22(12-10-21)32-17-25(31)29-28-14-20-16-30(24-8-4-3-7-23(20)24)15-19-6-2-1-5-18(19)13-27/h1-12,14,16H,15,17H2,(H,29,31)/b28-14-. The predicted molar refractivity (Wildman–Crippen MR) is 130 cm³/mol. The number of amides is 1. The molecule has 0 aliphatic heterocycles. The Bertz CT molecular complexity index is 1320. The van der Waals surface area contributed by atoms with Gasteiger partial charge < -0.3 is 4.57 Å². The lowest BCUT2D eigenvalue weighted by Gasteiger charge is -2.07. The van der Waals surface area contributed by atoms with Crippen LogP contribution in [-0.4, -0.2) is 22.4 Å². The molecule has 0 radical (unpaired) electrons. The molecular formula is C25H19ClN4OS. The summed E-state index contributed by atoms with van der Waals surface area (Å²) in [6.45, 7) is 0.572. The van der Waals surface area contributed by atoms with Crippen LogP contribution in [0.1, 0.15) is 16.7 Å². The number of nitrogens with zero attached hydrogens (tertiary/aromatic N) is 3. The summed E-state index contributed by atoms with van der Waals surface area (Å²) < 4.78 is 2.09. The van der Waals surface area contributed by atoms with Crippen molar-refractivity contribution in [3.05, 3.63) is 101 Å². The molecule has 0 aliphatic carbocycles. The van der Waals surface area contributed by atoms with Crippen LogP contribution in [0.3, 0.4) is 0 Å². The van der Waals surface area contributed by atoms with Crippen molar-refractivity contribution < 1.29 is 4.79 Å². The Morgan fingerprint density at radius 3 is 2.66 bits per heavy atom. The summed E-state index contributed by atoms with van der Waals surface area (Å²) in [5, 5.41) is 15.2. The summed E-state index contributed by atoms with van der Waals surface area (Å²) in [7, 11) is 0. The molecule has 5 nitrogen and oxygen atoms in total.